The molecule has 15 heavy (non-hydrogen) atoms. The van der Waals surface area contributed by atoms with Crippen LogP contribution in [0, 0.1) is 0 Å². The molecule has 0 bridgehead atoms. The lowest BCUT2D eigenvalue weighted by molar-refractivity contribution is -0.178. The molecule has 9 heteroatoms. The Morgan fingerprint density at radius 1 is 1.13 bits per heavy atom. The van der Waals surface area contributed by atoms with Crippen LogP contribution in [0.3, 0.4) is 0 Å². The van der Waals surface area contributed by atoms with Crippen molar-refractivity contribution in [3.8, 4) is 0 Å². The number of rotatable bonds is 6. The van der Waals surface area contributed by atoms with Gasteiger partial charge in [-0.3, -0.25) is 0 Å². The summed E-state index contributed by atoms with van der Waals surface area (Å²) in [5.74, 6) is -3.30. The topological polar surface area (TPSA) is 36.9 Å². The summed E-state index contributed by atoms with van der Waals surface area (Å²) in [5, 5.41) is 0. The molecule has 1 unspecified atom stereocenters. The molecule has 0 aromatic rings. The van der Waals surface area contributed by atoms with Crippen LogP contribution in [0.1, 0.15) is 0 Å². The van der Waals surface area contributed by atoms with Gasteiger partial charge in [0.1, 0.15) is 6.79 Å². The zero-order valence-corrected chi connectivity index (χ0v) is 9.43. The Kier molecular flexibility index (Phi) is 5.66. The molecule has 1 atom stereocenters. The number of alkyl halides is 4. The van der Waals surface area contributed by atoms with Crippen LogP contribution in [0.4, 0.5) is 17.6 Å². The van der Waals surface area contributed by atoms with Gasteiger partial charge in [-0.25, -0.2) is 4.39 Å². The third-order valence-corrected chi connectivity index (χ3v) is 4.15. The summed E-state index contributed by atoms with van der Waals surface area (Å²) in [6.45, 7) is -0.537. The van der Waals surface area contributed by atoms with Gasteiger partial charge in [-0.2, -0.15) is 13.2 Å². The van der Waals surface area contributed by atoms with E-state index in [1.807, 2.05) is 0 Å². The maximum atomic E-state index is 13.1. The maximum Gasteiger partial charge on any atom is 0.548 e. The minimum Gasteiger partial charge on any atom is -0.375 e. The highest BCUT2D eigenvalue weighted by molar-refractivity contribution is 6.62. The number of ether oxygens (including phenoxy) is 1. The Balaban J connectivity index is 4.75. The molecular weight excluding hydrogens is 240 g/mol. The van der Waals surface area contributed by atoms with Gasteiger partial charge in [0.05, 0.1) is 0 Å². The SMILES string of the molecule is COCO[Si](OC)(OC)C(F)C(F)(F)F. The molecule has 0 fully saturated rings. The first-order chi connectivity index (χ1) is 6.84. The molecule has 0 saturated heterocycles. The van der Waals surface area contributed by atoms with Crippen LogP contribution in [0.15, 0.2) is 0 Å². The van der Waals surface area contributed by atoms with E-state index in [0.717, 1.165) is 14.2 Å². The monoisotopic (exact) mass is 252 g/mol. The number of hydrogen-bond acceptors (Lipinski definition) is 4. The number of halogens is 4. The molecule has 0 aliphatic rings. The van der Waals surface area contributed by atoms with Crippen LogP contribution in [-0.4, -0.2) is 48.9 Å². The average molecular weight is 252 g/mol. The summed E-state index contributed by atoms with van der Waals surface area (Å²) in [6, 6.07) is 0. The molecule has 0 amide bonds. The van der Waals surface area contributed by atoms with Gasteiger partial charge in [-0.15, -0.1) is 0 Å². The standard InChI is InChI=1S/C6H12F4O4Si/c1-11-4-14-15(12-2,13-3)5(7)6(8,9)10/h5H,4H2,1-3H3. The first-order valence-corrected chi connectivity index (χ1v) is 5.58. The number of hydrogen-bond donors (Lipinski definition) is 0. The minimum absolute atomic E-state index is 0.537. The molecule has 0 N–H and O–H groups in total. The third-order valence-electron chi connectivity index (χ3n) is 1.54. The van der Waals surface area contributed by atoms with E-state index < -0.39 is 27.6 Å². The van der Waals surface area contributed by atoms with Gasteiger partial charge >= 0.3 is 15.0 Å². The molecule has 0 saturated carbocycles. The van der Waals surface area contributed by atoms with Gasteiger partial charge in [0.25, 0.3) is 5.79 Å². The summed E-state index contributed by atoms with van der Waals surface area (Å²) >= 11 is 0. The highest BCUT2D eigenvalue weighted by Gasteiger charge is 2.62. The summed E-state index contributed by atoms with van der Waals surface area (Å²) in [4.78, 5) is 0. The first-order valence-electron chi connectivity index (χ1n) is 3.78. The summed E-state index contributed by atoms with van der Waals surface area (Å²) in [7, 11) is -1.45. The summed E-state index contributed by atoms with van der Waals surface area (Å²) < 4.78 is 67.2. The largest absolute Gasteiger partial charge is 0.548 e. The molecular formula is C6H12F4O4Si. The van der Waals surface area contributed by atoms with Crippen LogP contribution >= 0.6 is 0 Å². The van der Waals surface area contributed by atoms with Crippen molar-refractivity contribution < 1.29 is 35.6 Å². The normalized spacial score (nSPS) is 15.4. The molecule has 0 spiro atoms. The van der Waals surface area contributed by atoms with Crippen molar-refractivity contribution in [1.82, 2.24) is 0 Å². The molecule has 0 aromatic heterocycles. The molecule has 0 heterocycles. The second-order valence-corrected chi connectivity index (χ2v) is 5.29. The van der Waals surface area contributed by atoms with Crippen LogP contribution in [0.5, 0.6) is 0 Å². The highest BCUT2D eigenvalue weighted by atomic mass is 28.4. The minimum atomic E-state index is -5.09. The van der Waals surface area contributed by atoms with Crippen LogP contribution < -0.4 is 0 Å². The lowest BCUT2D eigenvalue weighted by Crippen LogP contribution is -2.59. The lowest BCUT2D eigenvalue weighted by atomic mass is 10.7. The maximum absolute atomic E-state index is 13.1. The average Bonchev–Trinajstić information content (AvgIpc) is 2.18. The lowest BCUT2D eigenvalue weighted by Gasteiger charge is -2.29. The molecule has 0 aromatic carbocycles. The Morgan fingerprint density at radius 2 is 1.60 bits per heavy atom. The quantitative estimate of drug-likeness (QED) is 0.405. The van der Waals surface area contributed by atoms with Crippen molar-refractivity contribution >= 4 is 8.80 Å². The Hall–Kier alpha value is -0.223. The summed E-state index contributed by atoms with van der Waals surface area (Å²) in [6.07, 6.45) is -5.09. The fourth-order valence-electron chi connectivity index (χ4n) is 0.823. The predicted molar refractivity (Wildman–Crippen MR) is 43.7 cm³/mol. The van der Waals surface area contributed by atoms with E-state index in [2.05, 4.69) is 18.0 Å². The van der Waals surface area contributed by atoms with Crippen molar-refractivity contribution in [3.63, 3.8) is 0 Å². The fraction of sp³-hybridized carbons (Fsp3) is 1.00. The van der Waals surface area contributed by atoms with Crippen LogP contribution in [-0.2, 0) is 18.0 Å². The van der Waals surface area contributed by atoms with Crippen molar-refractivity contribution in [2.24, 2.45) is 0 Å². The van der Waals surface area contributed by atoms with Gasteiger partial charge in [-0.05, 0) is 0 Å². The zero-order valence-electron chi connectivity index (χ0n) is 8.43. The van der Waals surface area contributed by atoms with Gasteiger partial charge in [0.15, 0.2) is 0 Å². The second-order valence-electron chi connectivity index (χ2n) is 2.47. The van der Waals surface area contributed by atoms with Crippen molar-refractivity contribution in [2.45, 2.75) is 12.0 Å². The fourth-order valence-corrected chi connectivity index (χ4v) is 2.47. The Morgan fingerprint density at radius 3 is 1.87 bits per heavy atom. The summed E-state index contributed by atoms with van der Waals surface area (Å²) in [5.41, 5.74) is 0. The molecule has 0 radical (unpaired) electrons. The first kappa shape index (κ1) is 14.8. The van der Waals surface area contributed by atoms with E-state index in [4.69, 9.17) is 0 Å². The highest BCUT2D eigenvalue weighted by Crippen LogP contribution is 2.31. The van der Waals surface area contributed by atoms with Gasteiger partial charge in [0.2, 0.25) is 0 Å². The van der Waals surface area contributed by atoms with Crippen molar-refractivity contribution in [3.05, 3.63) is 0 Å². The Bertz CT molecular complexity index is 184. The third kappa shape index (κ3) is 3.68. The van der Waals surface area contributed by atoms with Crippen LogP contribution in [0.2, 0.25) is 0 Å². The molecule has 92 valence electrons. The van der Waals surface area contributed by atoms with E-state index in [1.54, 1.807) is 0 Å². The van der Waals surface area contributed by atoms with E-state index in [9.17, 15) is 17.6 Å². The van der Waals surface area contributed by atoms with Crippen molar-refractivity contribution in [2.75, 3.05) is 28.1 Å². The van der Waals surface area contributed by atoms with E-state index in [-0.39, 0.29) is 0 Å². The van der Waals surface area contributed by atoms with Gasteiger partial charge < -0.3 is 18.0 Å². The van der Waals surface area contributed by atoms with E-state index in [0.29, 0.717) is 0 Å². The molecule has 0 aliphatic carbocycles. The van der Waals surface area contributed by atoms with E-state index >= 15 is 0 Å². The molecule has 0 aliphatic heterocycles. The van der Waals surface area contributed by atoms with Crippen LogP contribution in [0.25, 0.3) is 0 Å². The Labute approximate surface area is 85.4 Å². The number of methoxy groups -OCH3 is 1. The van der Waals surface area contributed by atoms with Gasteiger partial charge in [-0.1, -0.05) is 0 Å². The molecule has 4 nitrogen and oxygen atoms in total. The van der Waals surface area contributed by atoms with E-state index in [1.165, 1.54) is 7.11 Å². The zero-order chi connectivity index (χ0) is 12.1. The molecule has 0 rings (SSSR count). The predicted octanol–water partition coefficient (Wildman–Crippen LogP) is 1.28. The smallest absolute Gasteiger partial charge is 0.375 e. The second kappa shape index (κ2) is 5.75. The van der Waals surface area contributed by atoms with Gasteiger partial charge in [0, 0.05) is 21.3 Å². The van der Waals surface area contributed by atoms with Crippen molar-refractivity contribution in [1.29, 1.82) is 0 Å².